The molecule has 0 heterocycles. The maximum Gasteiger partial charge on any atom is 0.120 e. The molecule has 1 unspecified atom stereocenters. The van der Waals surface area contributed by atoms with Crippen molar-refractivity contribution in [2.75, 3.05) is 0 Å². The molecule has 0 aliphatic heterocycles. The second-order valence-electron chi connectivity index (χ2n) is 2.24. The first-order valence-corrected chi connectivity index (χ1v) is 3.48. The first-order valence-electron chi connectivity index (χ1n) is 3.48. The van der Waals surface area contributed by atoms with Crippen LogP contribution in [0.2, 0.25) is 0 Å². The molecule has 0 rings (SSSR count). The van der Waals surface area contributed by atoms with E-state index in [2.05, 4.69) is 16.9 Å². The lowest BCUT2D eigenvalue weighted by Crippen LogP contribution is -2.19. The van der Waals surface area contributed by atoms with E-state index in [1.165, 1.54) is 0 Å². The monoisotopic (exact) mass is 153 g/mol. The van der Waals surface area contributed by atoms with Gasteiger partial charge in [0, 0.05) is 0 Å². The van der Waals surface area contributed by atoms with Gasteiger partial charge in [-0.2, -0.15) is 0 Å². The number of aliphatic imine (C=N–C) groups is 1. The van der Waals surface area contributed by atoms with E-state index in [1.807, 2.05) is 19.9 Å². The number of hydrogen-bond donors (Lipinski definition) is 2. The van der Waals surface area contributed by atoms with Gasteiger partial charge in [-0.15, -0.1) is 0 Å². The Hall–Kier alpha value is -1.09. The van der Waals surface area contributed by atoms with Gasteiger partial charge in [-0.05, 0) is 25.6 Å². The molecule has 3 heteroatoms. The van der Waals surface area contributed by atoms with Crippen LogP contribution in [-0.4, -0.2) is 12.5 Å². The quantitative estimate of drug-likeness (QED) is 0.359. The molecule has 0 fully saturated rings. The second-order valence-corrected chi connectivity index (χ2v) is 2.24. The van der Waals surface area contributed by atoms with Crippen molar-refractivity contribution in [3.05, 3.63) is 24.4 Å². The van der Waals surface area contributed by atoms with Gasteiger partial charge in [0.1, 0.15) is 6.17 Å². The maximum absolute atomic E-state index is 5.54. The Morgan fingerprint density at radius 1 is 1.73 bits per heavy atom. The van der Waals surface area contributed by atoms with Crippen LogP contribution in [0.5, 0.6) is 0 Å². The second kappa shape index (κ2) is 5.68. The van der Waals surface area contributed by atoms with Gasteiger partial charge < -0.3 is 11.1 Å². The van der Waals surface area contributed by atoms with E-state index in [-0.39, 0.29) is 6.17 Å². The van der Waals surface area contributed by atoms with E-state index in [0.29, 0.717) is 0 Å². The third-order valence-electron chi connectivity index (χ3n) is 1.08. The fourth-order valence-electron chi connectivity index (χ4n) is 0.390. The summed E-state index contributed by atoms with van der Waals surface area (Å²) in [5.41, 5.74) is 6.39. The summed E-state index contributed by atoms with van der Waals surface area (Å²) in [7, 11) is 0. The zero-order chi connectivity index (χ0) is 8.69. The zero-order valence-corrected chi connectivity index (χ0v) is 7.04. The fraction of sp³-hybridized carbons (Fsp3) is 0.375. The van der Waals surface area contributed by atoms with E-state index < -0.39 is 0 Å². The predicted octanol–water partition coefficient (Wildman–Crippen LogP) is 0.999. The number of rotatable bonds is 4. The highest BCUT2D eigenvalue weighted by Gasteiger charge is 1.94. The number of nitrogens with one attached hydrogen (secondary N) is 1. The molecule has 0 aliphatic carbocycles. The van der Waals surface area contributed by atoms with Crippen molar-refractivity contribution >= 4 is 6.34 Å². The van der Waals surface area contributed by atoms with Gasteiger partial charge in [-0.3, -0.25) is 4.99 Å². The number of nitrogens with two attached hydrogens (primary N) is 1. The summed E-state index contributed by atoms with van der Waals surface area (Å²) in [5.74, 6) is 0. The Balaban J connectivity index is 3.65. The molecule has 0 saturated heterocycles. The van der Waals surface area contributed by atoms with Gasteiger partial charge in [-0.25, -0.2) is 0 Å². The number of allylic oxidation sites excluding steroid dienone is 1. The summed E-state index contributed by atoms with van der Waals surface area (Å²) in [6, 6.07) is 0. The maximum atomic E-state index is 5.54. The minimum Gasteiger partial charge on any atom is -0.353 e. The minimum atomic E-state index is -0.298. The summed E-state index contributed by atoms with van der Waals surface area (Å²) in [4.78, 5) is 3.95. The lowest BCUT2D eigenvalue weighted by atomic mass is 10.3. The molecular formula is C8H15N3. The Morgan fingerprint density at radius 2 is 2.36 bits per heavy atom. The normalized spacial score (nSPS) is 14.1. The van der Waals surface area contributed by atoms with Crippen LogP contribution in [-0.2, 0) is 0 Å². The van der Waals surface area contributed by atoms with Gasteiger partial charge >= 0.3 is 0 Å². The van der Waals surface area contributed by atoms with Gasteiger partial charge in [0.05, 0.1) is 6.34 Å². The van der Waals surface area contributed by atoms with E-state index >= 15 is 0 Å². The highest BCUT2D eigenvalue weighted by molar-refractivity contribution is 5.56. The van der Waals surface area contributed by atoms with Crippen LogP contribution in [0.1, 0.15) is 13.8 Å². The van der Waals surface area contributed by atoms with Gasteiger partial charge in [0.25, 0.3) is 0 Å². The number of hydrogen-bond acceptors (Lipinski definition) is 2. The van der Waals surface area contributed by atoms with Crippen molar-refractivity contribution in [2.45, 2.75) is 20.0 Å². The van der Waals surface area contributed by atoms with Crippen LogP contribution in [0.25, 0.3) is 0 Å². The molecule has 62 valence electrons. The standard InChI is InChI=1S/C8H15N3/c1-4-5-10-6-11-8(9)7(2)3/h4-6,8H,2,9H2,1,3H3,(H,10,11). The van der Waals surface area contributed by atoms with E-state index in [0.717, 1.165) is 5.57 Å². The molecule has 0 amide bonds. The summed E-state index contributed by atoms with van der Waals surface area (Å²) in [6.45, 7) is 7.43. The van der Waals surface area contributed by atoms with Crippen LogP contribution < -0.4 is 11.1 Å². The summed E-state index contributed by atoms with van der Waals surface area (Å²) >= 11 is 0. The fourth-order valence-corrected chi connectivity index (χ4v) is 0.390. The molecule has 0 bridgehead atoms. The molecule has 11 heavy (non-hydrogen) atoms. The lowest BCUT2D eigenvalue weighted by Gasteiger charge is -2.02. The smallest absolute Gasteiger partial charge is 0.120 e. The highest BCUT2D eigenvalue weighted by Crippen LogP contribution is 1.92. The molecular weight excluding hydrogens is 138 g/mol. The molecule has 0 spiro atoms. The van der Waals surface area contributed by atoms with Crippen molar-refractivity contribution in [3.63, 3.8) is 0 Å². The van der Waals surface area contributed by atoms with Gasteiger partial charge in [0.15, 0.2) is 0 Å². The van der Waals surface area contributed by atoms with E-state index in [4.69, 9.17) is 5.73 Å². The Labute approximate surface area is 67.7 Å². The van der Waals surface area contributed by atoms with Crippen LogP contribution in [0.15, 0.2) is 29.4 Å². The van der Waals surface area contributed by atoms with Crippen molar-refractivity contribution < 1.29 is 0 Å². The average Bonchev–Trinajstić information content (AvgIpc) is 1.97. The predicted molar refractivity (Wildman–Crippen MR) is 49.2 cm³/mol. The van der Waals surface area contributed by atoms with Crippen molar-refractivity contribution in [2.24, 2.45) is 10.7 Å². The van der Waals surface area contributed by atoms with Gasteiger partial charge in [0.2, 0.25) is 0 Å². The summed E-state index contributed by atoms with van der Waals surface area (Å²) in [6.07, 6.45) is 4.90. The topological polar surface area (TPSA) is 50.4 Å². The molecule has 0 aromatic rings. The van der Waals surface area contributed by atoms with Crippen molar-refractivity contribution in [1.82, 2.24) is 5.32 Å². The summed E-state index contributed by atoms with van der Waals surface area (Å²) in [5, 5.41) is 2.83. The lowest BCUT2D eigenvalue weighted by molar-refractivity contribution is 0.823. The first-order chi connectivity index (χ1) is 5.18. The molecule has 3 nitrogen and oxygen atoms in total. The molecule has 0 aromatic heterocycles. The van der Waals surface area contributed by atoms with Crippen molar-refractivity contribution in [3.8, 4) is 0 Å². The Kier molecular flexibility index (Phi) is 5.11. The van der Waals surface area contributed by atoms with Crippen molar-refractivity contribution in [1.29, 1.82) is 0 Å². The van der Waals surface area contributed by atoms with Crippen LogP contribution >= 0.6 is 0 Å². The Morgan fingerprint density at radius 3 is 2.82 bits per heavy atom. The average molecular weight is 153 g/mol. The molecule has 1 atom stereocenters. The van der Waals surface area contributed by atoms with Crippen LogP contribution in [0.3, 0.4) is 0 Å². The third-order valence-corrected chi connectivity index (χ3v) is 1.08. The Bertz CT molecular complexity index is 170. The van der Waals surface area contributed by atoms with Crippen LogP contribution in [0.4, 0.5) is 0 Å². The largest absolute Gasteiger partial charge is 0.353 e. The van der Waals surface area contributed by atoms with E-state index in [9.17, 15) is 0 Å². The van der Waals surface area contributed by atoms with Gasteiger partial charge in [-0.1, -0.05) is 12.7 Å². The third kappa shape index (κ3) is 5.36. The molecule has 0 radical (unpaired) electrons. The SMILES string of the molecule is C=C(C)C(N)N=CNC=CC. The highest BCUT2D eigenvalue weighted by atomic mass is 15.0. The molecule has 0 saturated carbocycles. The van der Waals surface area contributed by atoms with Crippen LogP contribution in [0, 0.1) is 0 Å². The zero-order valence-electron chi connectivity index (χ0n) is 7.04. The van der Waals surface area contributed by atoms with E-state index in [1.54, 1.807) is 12.5 Å². The molecule has 3 N–H and O–H groups in total. The summed E-state index contributed by atoms with van der Waals surface area (Å²) < 4.78 is 0. The number of nitrogens with zero attached hydrogens (tertiary/aromatic N) is 1. The molecule has 0 aliphatic rings. The minimum absolute atomic E-state index is 0.298. The first kappa shape index (κ1) is 9.91. The molecule has 0 aromatic carbocycles.